The van der Waals surface area contributed by atoms with E-state index in [9.17, 15) is 14.4 Å². The molecular weight excluding hydrogens is 366 g/mol. The van der Waals surface area contributed by atoms with Crippen molar-refractivity contribution < 1.29 is 14.4 Å². The van der Waals surface area contributed by atoms with Gasteiger partial charge in [-0.2, -0.15) is 0 Å². The third-order valence-corrected chi connectivity index (χ3v) is 4.33. The van der Waals surface area contributed by atoms with Gasteiger partial charge in [0.25, 0.3) is 5.91 Å². The number of primary amides is 1. The van der Waals surface area contributed by atoms with Crippen molar-refractivity contribution in [2.45, 2.75) is 18.9 Å². The molecule has 6 nitrogen and oxygen atoms in total. The topological polar surface area (TPSA) is 101 Å². The number of nitrogens with one attached hydrogen (secondary N) is 2. The lowest BCUT2D eigenvalue weighted by Crippen LogP contribution is -2.25. The van der Waals surface area contributed by atoms with E-state index in [2.05, 4.69) is 10.6 Å². The van der Waals surface area contributed by atoms with Gasteiger partial charge in [-0.15, -0.1) is 0 Å². The number of anilines is 1. The van der Waals surface area contributed by atoms with Crippen molar-refractivity contribution in [2.24, 2.45) is 5.73 Å². The minimum Gasteiger partial charge on any atom is -0.366 e. The molecule has 0 heterocycles. The molecule has 138 valence electrons. The molecule has 4 N–H and O–H groups in total. The molecule has 2 aromatic carbocycles. The van der Waals surface area contributed by atoms with Gasteiger partial charge in [0.15, 0.2) is 0 Å². The molecule has 1 aliphatic rings. The van der Waals surface area contributed by atoms with E-state index >= 15 is 0 Å². The van der Waals surface area contributed by atoms with Crippen molar-refractivity contribution in [1.29, 1.82) is 0 Å². The first-order chi connectivity index (χ1) is 12.9. The maximum Gasteiger partial charge on any atom is 0.251 e. The van der Waals surface area contributed by atoms with Gasteiger partial charge in [0.05, 0.1) is 10.6 Å². The smallest absolute Gasteiger partial charge is 0.251 e. The summed E-state index contributed by atoms with van der Waals surface area (Å²) in [4.78, 5) is 35.1. The zero-order valence-electron chi connectivity index (χ0n) is 14.4. The lowest BCUT2D eigenvalue weighted by molar-refractivity contribution is -0.111. The molecule has 0 unspecified atom stereocenters. The van der Waals surface area contributed by atoms with Gasteiger partial charge in [-0.1, -0.05) is 23.7 Å². The molecule has 0 spiro atoms. The second kappa shape index (κ2) is 8.05. The molecule has 0 saturated heterocycles. The van der Waals surface area contributed by atoms with Crippen LogP contribution in [0.4, 0.5) is 5.69 Å². The van der Waals surface area contributed by atoms with E-state index in [4.69, 9.17) is 17.3 Å². The van der Waals surface area contributed by atoms with Crippen LogP contribution < -0.4 is 16.4 Å². The van der Waals surface area contributed by atoms with Crippen LogP contribution in [0.5, 0.6) is 0 Å². The predicted octanol–water partition coefficient (Wildman–Crippen LogP) is 2.98. The van der Waals surface area contributed by atoms with Crippen molar-refractivity contribution in [1.82, 2.24) is 5.32 Å². The Labute approximate surface area is 161 Å². The van der Waals surface area contributed by atoms with Crippen LogP contribution in [0.15, 0.2) is 48.5 Å². The zero-order chi connectivity index (χ0) is 19.4. The summed E-state index contributed by atoms with van der Waals surface area (Å²) in [7, 11) is 0. The summed E-state index contributed by atoms with van der Waals surface area (Å²) < 4.78 is 0. The summed E-state index contributed by atoms with van der Waals surface area (Å²) in [6.07, 6.45) is 5.09. The van der Waals surface area contributed by atoms with E-state index in [-0.39, 0.29) is 22.4 Å². The molecular formula is C20H18ClN3O3. The van der Waals surface area contributed by atoms with Gasteiger partial charge < -0.3 is 16.4 Å². The molecule has 2 aromatic rings. The second-order valence-electron chi connectivity index (χ2n) is 6.25. The monoisotopic (exact) mass is 383 g/mol. The first kappa shape index (κ1) is 18.7. The maximum atomic E-state index is 12.0. The number of nitrogens with two attached hydrogens (primary N) is 1. The van der Waals surface area contributed by atoms with E-state index in [1.807, 2.05) is 0 Å². The fourth-order valence-electron chi connectivity index (χ4n) is 2.39. The number of halogens is 1. The van der Waals surface area contributed by atoms with Crippen LogP contribution in [0.3, 0.4) is 0 Å². The van der Waals surface area contributed by atoms with Gasteiger partial charge in [0, 0.05) is 23.4 Å². The first-order valence-corrected chi connectivity index (χ1v) is 8.79. The molecule has 27 heavy (non-hydrogen) atoms. The molecule has 3 amide bonds. The molecule has 0 radical (unpaired) electrons. The minimum absolute atomic E-state index is 0.0814. The lowest BCUT2D eigenvalue weighted by Gasteiger charge is -2.05. The Morgan fingerprint density at radius 2 is 1.78 bits per heavy atom. The van der Waals surface area contributed by atoms with Gasteiger partial charge in [-0.25, -0.2) is 0 Å². The summed E-state index contributed by atoms with van der Waals surface area (Å²) in [5.41, 5.74) is 7.21. The van der Waals surface area contributed by atoms with Gasteiger partial charge in [-0.3, -0.25) is 14.4 Å². The van der Waals surface area contributed by atoms with E-state index in [0.717, 1.165) is 18.4 Å². The normalized spacial score (nSPS) is 13.4. The number of rotatable bonds is 6. The summed E-state index contributed by atoms with van der Waals surface area (Å²) in [5, 5.41) is 5.74. The molecule has 0 aromatic heterocycles. The van der Waals surface area contributed by atoms with Crippen LogP contribution in [0.25, 0.3) is 6.08 Å². The van der Waals surface area contributed by atoms with E-state index in [1.54, 1.807) is 36.4 Å². The van der Waals surface area contributed by atoms with Gasteiger partial charge >= 0.3 is 0 Å². The van der Waals surface area contributed by atoms with Crippen LogP contribution in [-0.4, -0.2) is 23.8 Å². The van der Waals surface area contributed by atoms with Crippen molar-refractivity contribution in [2.75, 3.05) is 5.32 Å². The Morgan fingerprint density at radius 3 is 2.37 bits per heavy atom. The van der Waals surface area contributed by atoms with Crippen LogP contribution in [0.2, 0.25) is 5.02 Å². The van der Waals surface area contributed by atoms with Gasteiger partial charge in [-0.05, 0) is 54.8 Å². The zero-order valence-corrected chi connectivity index (χ0v) is 15.1. The highest BCUT2D eigenvalue weighted by molar-refractivity contribution is 6.34. The van der Waals surface area contributed by atoms with Gasteiger partial charge in [0.1, 0.15) is 0 Å². The molecule has 0 aliphatic heterocycles. The molecule has 1 aliphatic carbocycles. The van der Waals surface area contributed by atoms with Crippen molar-refractivity contribution in [3.8, 4) is 0 Å². The average molecular weight is 384 g/mol. The molecule has 0 bridgehead atoms. The number of amides is 3. The van der Waals surface area contributed by atoms with Crippen LogP contribution >= 0.6 is 11.6 Å². The van der Waals surface area contributed by atoms with Crippen molar-refractivity contribution >= 4 is 41.1 Å². The van der Waals surface area contributed by atoms with E-state index in [0.29, 0.717) is 17.3 Å². The maximum absolute atomic E-state index is 12.0. The summed E-state index contributed by atoms with van der Waals surface area (Å²) in [5.74, 6) is -1.07. The Morgan fingerprint density at radius 1 is 1.07 bits per heavy atom. The van der Waals surface area contributed by atoms with E-state index < -0.39 is 5.91 Å². The third-order valence-electron chi connectivity index (χ3n) is 4.01. The first-order valence-electron chi connectivity index (χ1n) is 8.42. The second-order valence-corrected chi connectivity index (χ2v) is 6.66. The number of benzene rings is 2. The Hall–Kier alpha value is -3.12. The van der Waals surface area contributed by atoms with Gasteiger partial charge in [0.2, 0.25) is 11.8 Å². The van der Waals surface area contributed by atoms with E-state index in [1.165, 1.54) is 18.2 Å². The molecule has 0 atom stereocenters. The average Bonchev–Trinajstić information content (AvgIpc) is 3.44. The number of hydrogen-bond donors (Lipinski definition) is 3. The summed E-state index contributed by atoms with van der Waals surface area (Å²) in [6.45, 7) is 0. The van der Waals surface area contributed by atoms with Crippen LogP contribution in [0, 0.1) is 0 Å². The quantitative estimate of drug-likeness (QED) is 0.668. The minimum atomic E-state index is -0.632. The molecule has 3 rings (SSSR count). The molecule has 7 heteroatoms. The third kappa shape index (κ3) is 5.18. The Bertz CT molecular complexity index is 919. The highest BCUT2D eigenvalue weighted by Gasteiger charge is 2.23. The molecule has 1 fully saturated rings. The summed E-state index contributed by atoms with van der Waals surface area (Å²) >= 11 is 5.95. The van der Waals surface area contributed by atoms with Crippen LogP contribution in [-0.2, 0) is 4.79 Å². The fraction of sp³-hybridized carbons (Fsp3) is 0.150. The highest BCUT2D eigenvalue weighted by atomic mass is 35.5. The van der Waals surface area contributed by atoms with Crippen molar-refractivity contribution in [3.63, 3.8) is 0 Å². The predicted molar refractivity (Wildman–Crippen MR) is 105 cm³/mol. The van der Waals surface area contributed by atoms with Crippen molar-refractivity contribution in [3.05, 3.63) is 70.3 Å². The standard InChI is InChI=1S/C20H18ClN3O3/c21-17-11-15(8-9-16(17)19(22)26)23-18(25)10-3-12-1-4-13(5-2-12)20(27)24-14-6-7-14/h1-5,8-11,14H,6-7H2,(H2,22,26)(H,23,25)(H,24,27)/b10-3+. The SMILES string of the molecule is NC(=O)c1ccc(NC(=O)/C=C/c2ccc(C(=O)NC3CC3)cc2)cc1Cl. The number of carbonyl (C=O) groups is 3. The summed E-state index contributed by atoms with van der Waals surface area (Å²) in [6, 6.07) is 11.7. The number of carbonyl (C=O) groups excluding carboxylic acids is 3. The van der Waals surface area contributed by atoms with Crippen LogP contribution in [0.1, 0.15) is 39.1 Å². The lowest BCUT2D eigenvalue weighted by atomic mass is 10.1. The number of hydrogen-bond acceptors (Lipinski definition) is 3. The Balaban J connectivity index is 1.58. The largest absolute Gasteiger partial charge is 0.366 e. The fourth-order valence-corrected chi connectivity index (χ4v) is 2.66. The highest BCUT2D eigenvalue weighted by Crippen LogP contribution is 2.21. The Kier molecular flexibility index (Phi) is 5.57. The molecule has 1 saturated carbocycles.